The molecule has 1 heterocycles. The zero-order valence-corrected chi connectivity index (χ0v) is 5.09. The largest absolute Gasteiger partial charge is 0.270 e. The van der Waals surface area contributed by atoms with Crippen LogP contribution in [0.3, 0.4) is 0 Å². The Morgan fingerprint density at radius 3 is 2.80 bits per heavy atom. The minimum atomic E-state index is -1.70. The third kappa shape index (κ3) is 1.93. The first-order valence-corrected chi connectivity index (χ1v) is 2.72. The van der Waals surface area contributed by atoms with Crippen molar-refractivity contribution in [2.24, 2.45) is 0 Å². The summed E-state index contributed by atoms with van der Waals surface area (Å²) < 4.78 is 23.1. The number of pyridine rings is 1. The molecule has 0 N–H and O–H groups in total. The fraction of sp³-hybridized carbons (Fsp3) is 0. The maximum absolute atomic E-state index is 11.6. The molecule has 0 saturated heterocycles. The Balaban J connectivity index is 2.87. The number of rotatable bonds is 1. The molecule has 0 aliphatic heterocycles. The predicted molar refractivity (Wildman–Crippen MR) is 34.4 cm³/mol. The topological polar surface area (TPSA) is 12.9 Å². The van der Waals surface area contributed by atoms with Crippen molar-refractivity contribution in [2.75, 3.05) is 0 Å². The summed E-state index contributed by atoms with van der Waals surface area (Å²) in [7, 11) is 0. The van der Waals surface area contributed by atoms with Gasteiger partial charge in [0.25, 0.3) is 6.08 Å². The second-order valence-electron chi connectivity index (χ2n) is 1.72. The highest BCUT2D eigenvalue weighted by Gasteiger charge is 1.89. The lowest BCUT2D eigenvalue weighted by Gasteiger charge is -1.86. The Morgan fingerprint density at radius 1 is 1.50 bits per heavy atom. The van der Waals surface area contributed by atoms with E-state index in [1.54, 1.807) is 12.1 Å². The Kier molecular flexibility index (Phi) is 2.10. The van der Waals surface area contributed by atoms with E-state index in [1.165, 1.54) is 12.4 Å². The number of halogens is 2. The van der Waals surface area contributed by atoms with Gasteiger partial charge in [-0.2, -0.15) is 8.78 Å². The molecule has 1 nitrogen and oxygen atoms in total. The van der Waals surface area contributed by atoms with Crippen molar-refractivity contribution in [3.8, 4) is 0 Å². The third-order valence-electron chi connectivity index (χ3n) is 0.960. The molecule has 1 aromatic heterocycles. The molecule has 0 aliphatic rings. The first kappa shape index (κ1) is 6.86. The lowest BCUT2D eigenvalue weighted by Crippen LogP contribution is -1.72. The molecule has 0 saturated carbocycles. The van der Waals surface area contributed by atoms with Gasteiger partial charge in [-0.15, -0.1) is 0 Å². The van der Waals surface area contributed by atoms with Crippen molar-refractivity contribution < 1.29 is 8.78 Å². The first-order chi connectivity index (χ1) is 4.79. The minimum Gasteiger partial charge on any atom is -0.264 e. The van der Waals surface area contributed by atoms with Gasteiger partial charge in [-0.1, -0.05) is 6.07 Å². The molecule has 0 bridgehead atoms. The smallest absolute Gasteiger partial charge is 0.264 e. The van der Waals surface area contributed by atoms with Crippen LogP contribution in [0.1, 0.15) is 5.56 Å². The van der Waals surface area contributed by atoms with E-state index >= 15 is 0 Å². The first-order valence-electron chi connectivity index (χ1n) is 2.72. The summed E-state index contributed by atoms with van der Waals surface area (Å²) in [5.74, 6) is 0. The van der Waals surface area contributed by atoms with Crippen molar-refractivity contribution in [2.45, 2.75) is 0 Å². The SMILES string of the molecule is FC(F)=Cc1cccnc1. The fourth-order valence-corrected chi connectivity index (χ4v) is 0.587. The van der Waals surface area contributed by atoms with Gasteiger partial charge in [0.1, 0.15) is 0 Å². The van der Waals surface area contributed by atoms with Crippen LogP contribution in [0.15, 0.2) is 30.6 Å². The Bertz CT molecular complexity index is 227. The summed E-state index contributed by atoms with van der Waals surface area (Å²) in [6.45, 7) is 0. The van der Waals surface area contributed by atoms with Crippen molar-refractivity contribution in [3.05, 3.63) is 36.2 Å². The van der Waals surface area contributed by atoms with Gasteiger partial charge in [-0.25, -0.2) is 0 Å². The molecule has 0 amide bonds. The van der Waals surface area contributed by atoms with Crippen molar-refractivity contribution >= 4 is 6.08 Å². The molecule has 10 heavy (non-hydrogen) atoms. The number of hydrogen-bond acceptors (Lipinski definition) is 1. The standard InChI is InChI=1S/C7H5F2N/c8-7(9)4-6-2-1-3-10-5-6/h1-5H. The van der Waals surface area contributed by atoms with Gasteiger partial charge in [0, 0.05) is 18.5 Å². The lowest BCUT2D eigenvalue weighted by molar-refractivity contribution is 0.429. The minimum absolute atomic E-state index is 0.419. The maximum Gasteiger partial charge on any atom is 0.270 e. The van der Waals surface area contributed by atoms with E-state index in [1.807, 2.05) is 0 Å². The van der Waals surface area contributed by atoms with Crippen molar-refractivity contribution in [1.82, 2.24) is 4.98 Å². The van der Waals surface area contributed by atoms with Crippen LogP contribution in [0.4, 0.5) is 8.78 Å². The van der Waals surface area contributed by atoms with Crippen molar-refractivity contribution in [3.63, 3.8) is 0 Å². The van der Waals surface area contributed by atoms with E-state index in [2.05, 4.69) is 4.98 Å². The zero-order valence-electron chi connectivity index (χ0n) is 5.09. The highest BCUT2D eigenvalue weighted by atomic mass is 19.3. The third-order valence-corrected chi connectivity index (χ3v) is 0.960. The van der Waals surface area contributed by atoms with E-state index in [4.69, 9.17) is 0 Å². The molecule has 0 spiro atoms. The van der Waals surface area contributed by atoms with E-state index < -0.39 is 6.08 Å². The molecule has 0 aromatic carbocycles. The Labute approximate surface area is 57.0 Å². The summed E-state index contributed by atoms with van der Waals surface area (Å²) in [6.07, 6.45) is 1.98. The average molecular weight is 141 g/mol. The Hall–Kier alpha value is -1.25. The van der Waals surface area contributed by atoms with Gasteiger partial charge < -0.3 is 0 Å². The molecule has 1 rings (SSSR count). The average Bonchev–Trinajstić information content (AvgIpc) is 1.88. The molecule has 0 aliphatic carbocycles. The van der Waals surface area contributed by atoms with Crippen molar-refractivity contribution in [1.29, 1.82) is 0 Å². The normalized spacial score (nSPS) is 9.00. The highest BCUT2D eigenvalue weighted by Crippen LogP contribution is 2.05. The van der Waals surface area contributed by atoms with Crippen LogP contribution < -0.4 is 0 Å². The quantitative estimate of drug-likeness (QED) is 0.584. The van der Waals surface area contributed by atoms with Gasteiger partial charge in [0.05, 0.1) is 0 Å². The molecule has 0 unspecified atom stereocenters. The predicted octanol–water partition coefficient (Wildman–Crippen LogP) is 2.32. The maximum atomic E-state index is 11.6. The number of aromatic nitrogens is 1. The molecule has 0 atom stereocenters. The molecule has 52 valence electrons. The number of hydrogen-bond donors (Lipinski definition) is 0. The van der Waals surface area contributed by atoms with Gasteiger partial charge in [-0.05, 0) is 11.6 Å². The van der Waals surface area contributed by atoms with Crippen LogP contribution in [0, 0.1) is 0 Å². The van der Waals surface area contributed by atoms with Gasteiger partial charge >= 0.3 is 0 Å². The monoisotopic (exact) mass is 141 g/mol. The van der Waals surface area contributed by atoms with Crippen LogP contribution in [-0.4, -0.2) is 4.98 Å². The molecule has 1 aromatic rings. The van der Waals surface area contributed by atoms with Gasteiger partial charge in [0.2, 0.25) is 0 Å². The molecule has 0 radical (unpaired) electrons. The summed E-state index contributed by atoms with van der Waals surface area (Å²) in [6, 6.07) is 3.17. The molecule has 0 fully saturated rings. The molecular formula is C7H5F2N. The summed E-state index contributed by atoms with van der Waals surface area (Å²) in [4.78, 5) is 3.66. The number of nitrogens with zero attached hydrogens (tertiary/aromatic N) is 1. The lowest BCUT2D eigenvalue weighted by atomic mass is 10.3. The summed E-state index contributed by atoms with van der Waals surface area (Å²) >= 11 is 0. The molecular weight excluding hydrogens is 136 g/mol. The van der Waals surface area contributed by atoms with Crippen LogP contribution in [0.5, 0.6) is 0 Å². The summed E-state index contributed by atoms with van der Waals surface area (Å²) in [5, 5.41) is 0. The zero-order chi connectivity index (χ0) is 7.40. The van der Waals surface area contributed by atoms with Gasteiger partial charge in [0.15, 0.2) is 0 Å². The highest BCUT2D eigenvalue weighted by molar-refractivity contribution is 5.47. The second-order valence-corrected chi connectivity index (χ2v) is 1.72. The second kappa shape index (κ2) is 3.06. The van der Waals surface area contributed by atoms with Crippen LogP contribution in [0.25, 0.3) is 6.08 Å². The van der Waals surface area contributed by atoms with Crippen LogP contribution in [-0.2, 0) is 0 Å². The van der Waals surface area contributed by atoms with E-state index in [0.29, 0.717) is 5.56 Å². The van der Waals surface area contributed by atoms with E-state index in [9.17, 15) is 8.78 Å². The van der Waals surface area contributed by atoms with E-state index in [0.717, 1.165) is 6.08 Å². The molecule has 3 heteroatoms. The Morgan fingerprint density at radius 2 is 2.30 bits per heavy atom. The van der Waals surface area contributed by atoms with Crippen LogP contribution >= 0.6 is 0 Å². The van der Waals surface area contributed by atoms with Gasteiger partial charge in [-0.3, -0.25) is 4.98 Å². The fourth-order valence-electron chi connectivity index (χ4n) is 0.587. The van der Waals surface area contributed by atoms with Crippen LogP contribution in [0.2, 0.25) is 0 Å². The summed E-state index contributed by atoms with van der Waals surface area (Å²) in [5.41, 5.74) is 0.419. The van der Waals surface area contributed by atoms with E-state index in [-0.39, 0.29) is 0 Å².